The number of fused-ring (bicyclic) bond motifs is 1. The van der Waals surface area contributed by atoms with Crippen LogP contribution in [0.15, 0.2) is 30.3 Å². The minimum Gasteiger partial charge on any atom is -0.339 e. The number of hydrogen-bond donors (Lipinski definition) is 3. The van der Waals surface area contributed by atoms with Gasteiger partial charge in [0.15, 0.2) is 0 Å². The summed E-state index contributed by atoms with van der Waals surface area (Å²) in [5.41, 5.74) is 3.08. The van der Waals surface area contributed by atoms with Gasteiger partial charge in [-0.05, 0) is 30.7 Å². The molecule has 1 aromatic carbocycles. The Morgan fingerprint density at radius 2 is 2.14 bits per heavy atom. The monoisotopic (exact) mass is 303 g/mol. The zero-order valence-electron chi connectivity index (χ0n) is 11.4. The van der Waals surface area contributed by atoms with Crippen LogP contribution in [0.2, 0.25) is 0 Å². The molecule has 0 aliphatic heterocycles. The number of benzene rings is 1. The molecule has 0 amide bonds. The van der Waals surface area contributed by atoms with E-state index in [1.165, 1.54) is 17.0 Å². The number of aromatic nitrogens is 2. The summed E-state index contributed by atoms with van der Waals surface area (Å²) in [5, 5.41) is 4.02. The molecule has 0 bridgehead atoms. The van der Waals surface area contributed by atoms with Gasteiger partial charge in [0.1, 0.15) is 16.5 Å². The zero-order chi connectivity index (χ0) is 14.8. The second-order valence-corrected chi connectivity index (χ2v) is 5.58. The van der Waals surface area contributed by atoms with E-state index in [0.29, 0.717) is 17.5 Å². The first-order valence-corrected chi connectivity index (χ1v) is 7.31. The van der Waals surface area contributed by atoms with Gasteiger partial charge in [-0.15, -0.1) is 11.3 Å². The highest BCUT2D eigenvalue weighted by atomic mass is 32.1. The Morgan fingerprint density at radius 1 is 1.29 bits per heavy atom. The quantitative estimate of drug-likeness (QED) is 0.508. The number of aryl methyl sites for hydroxylation is 1. The maximum atomic E-state index is 13.3. The van der Waals surface area contributed by atoms with Crippen LogP contribution in [0.4, 0.5) is 21.8 Å². The van der Waals surface area contributed by atoms with Gasteiger partial charge in [0.2, 0.25) is 5.95 Å². The van der Waals surface area contributed by atoms with Crippen molar-refractivity contribution in [1.82, 2.24) is 9.97 Å². The van der Waals surface area contributed by atoms with Crippen molar-refractivity contribution >= 4 is 39.0 Å². The maximum Gasteiger partial charge on any atom is 0.240 e. The molecule has 2 heterocycles. The number of halogens is 1. The van der Waals surface area contributed by atoms with E-state index in [0.717, 1.165) is 16.6 Å². The van der Waals surface area contributed by atoms with Gasteiger partial charge in [-0.2, -0.15) is 4.98 Å². The van der Waals surface area contributed by atoms with Crippen LogP contribution in [0.5, 0.6) is 0 Å². The molecule has 3 rings (SSSR count). The molecule has 0 spiro atoms. The molecule has 0 unspecified atom stereocenters. The number of anilines is 3. The predicted octanol–water partition coefficient (Wildman–Crippen LogP) is 3.42. The van der Waals surface area contributed by atoms with Crippen LogP contribution in [-0.4, -0.2) is 9.97 Å². The molecule has 0 aliphatic carbocycles. The number of nitrogens with two attached hydrogens (primary N) is 1. The Hall–Kier alpha value is -2.25. The standard InChI is InChI=1S/C14H14FN5S/c1-2-10-7-11-12(17-9-5-3-4-8(15)6-9)18-14(20-16)19-13(11)21-10/h3-7H,2,16H2,1H3,(H2,17,18,19,20). The van der Waals surface area contributed by atoms with Gasteiger partial charge >= 0.3 is 0 Å². The molecule has 5 nitrogen and oxygen atoms in total. The average molecular weight is 303 g/mol. The third kappa shape index (κ3) is 2.79. The molecule has 2 aromatic heterocycles. The van der Waals surface area contributed by atoms with Crippen LogP contribution in [-0.2, 0) is 6.42 Å². The lowest BCUT2D eigenvalue weighted by molar-refractivity contribution is 0.628. The Kier molecular flexibility index (Phi) is 3.68. The van der Waals surface area contributed by atoms with E-state index in [1.54, 1.807) is 23.5 Å². The van der Waals surface area contributed by atoms with Gasteiger partial charge in [-0.3, -0.25) is 5.43 Å². The fraction of sp³-hybridized carbons (Fsp3) is 0.143. The number of nitrogens with one attached hydrogen (secondary N) is 2. The van der Waals surface area contributed by atoms with E-state index in [9.17, 15) is 4.39 Å². The van der Waals surface area contributed by atoms with E-state index in [-0.39, 0.29) is 5.82 Å². The summed E-state index contributed by atoms with van der Waals surface area (Å²) in [4.78, 5) is 10.7. The minimum atomic E-state index is -0.304. The van der Waals surface area contributed by atoms with E-state index in [1.807, 2.05) is 6.07 Å². The van der Waals surface area contributed by atoms with Crippen molar-refractivity contribution in [1.29, 1.82) is 0 Å². The van der Waals surface area contributed by atoms with Crippen molar-refractivity contribution in [2.24, 2.45) is 5.84 Å². The van der Waals surface area contributed by atoms with Crippen molar-refractivity contribution in [3.8, 4) is 0 Å². The molecular formula is C14H14FN5S. The summed E-state index contributed by atoms with van der Waals surface area (Å²) in [6.07, 6.45) is 0.922. The number of thiophene rings is 1. The van der Waals surface area contributed by atoms with Gasteiger partial charge in [0, 0.05) is 10.6 Å². The summed E-state index contributed by atoms with van der Waals surface area (Å²) in [6.45, 7) is 2.08. The SMILES string of the molecule is CCc1cc2c(Nc3cccc(F)c3)nc(NN)nc2s1. The smallest absolute Gasteiger partial charge is 0.240 e. The molecule has 21 heavy (non-hydrogen) atoms. The van der Waals surface area contributed by atoms with Crippen molar-refractivity contribution in [2.75, 3.05) is 10.7 Å². The van der Waals surface area contributed by atoms with E-state index in [2.05, 4.69) is 27.6 Å². The second-order valence-electron chi connectivity index (χ2n) is 4.46. The molecule has 0 saturated carbocycles. The molecule has 0 atom stereocenters. The van der Waals surface area contributed by atoms with Gasteiger partial charge in [-0.1, -0.05) is 13.0 Å². The largest absolute Gasteiger partial charge is 0.339 e. The van der Waals surface area contributed by atoms with Gasteiger partial charge < -0.3 is 5.32 Å². The number of hydrogen-bond acceptors (Lipinski definition) is 6. The molecular weight excluding hydrogens is 289 g/mol. The van der Waals surface area contributed by atoms with Gasteiger partial charge in [-0.25, -0.2) is 15.2 Å². The minimum absolute atomic E-state index is 0.304. The Balaban J connectivity index is 2.09. The third-order valence-corrected chi connectivity index (χ3v) is 4.18. The lowest BCUT2D eigenvalue weighted by atomic mass is 10.2. The van der Waals surface area contributed by atoms with E-state index in [4.69, 9.17) is 5.84 Å². The molecule has 0 fully saturated rings. The van der Waals surface area contributed by atoms with Crippen molar-refractivity contribution < 1.29 is 4.39 Å². The molecule has 108 valence electrons. The van der Waals surface area contributed by atoms with E-state index >= 15 is 0 Å². The van der Waals surface area contributed by atoms with Gasteiger partial charge in [0.25, 0.3) is 0 Å². The fourth-order valence-corrected chi connectivity index (χ4v) is 2.98. The van der Waals surface area contributed by atoms with Crippen LogP contribution in [0, 0.1) is 5.82 Å². The van der Waals surface area contributed by atoms with Gasteiger partial charge in [0.05, 0.1) is 5.39 Å². The number of hydrazine groups is 1. The van der Waals surface area contributed by atoms with Crippen molar-refractivity contribution in [3.63, 3.8) is 0 Å². The molecule has 0 saturated heterocycles. The lowest BCUT2D eigenvalue weighted by Crippen LogP contribution is -2.11. The number of nitrogens with zero attached hydrogens (tertiary/aromatic N) is 2. The van der Waals surface area contributed by atoms with Crippen LogP contribution in [0.1, 0.15) is 11.8 Å². The molecule has 0 aliphatic rings. The molecule has 0 radical (unpaired) electrons. The molecule has 7 heteroatoms. The summed E-state index contributed by atoms with van der Waals surface area (Å²) >= 11 is 1.59. The Morgan fingerprint density at radius 3 is 2.86 bits per heavy atom. The molecule has 4 N–H and O–H groups in total. The normalized spacial score (nSPS) is 10.8. The number of rotatable bonds is 4. The highest BCUT2D eigenvalue weighted by molar-refractivity contribution is 7.18. The fourth-order valence-electron chi connectivity index (χ4n) is 2.01. The lowest BCUT2D eigenvalue weighted by Gasteiger charge is -2.08. The average Bonchev–Trinajstić information content (AvgIpc) is 2.90. The van der Waals surface area contributed by atoms with Crippen LogP contribution < -0.4 is 16.6 Å². The first kappa shape index (κ1) is 13.7. The zero-order valence-corrected chi connectivity index (χ0v) is 12.2. The maximum absolute atomic E-state index is 13.3. The van der Waals surface area contributed by atoms with E-state index < -0.39 is 0 Å². The highest BCUT2D eigenvalue weighted by Crippen LogP contribution is 2.31. The Bertz CT molecular complexity index is 786. The first-order chi connectivity index (χ1) is 10.2. The predicted molar refractivity (Wildman–Crippen MR) is 84.3 cm³/mol. The summed E-state index contributed by atoms with van der Waals surface area (Å²) in [5.74, 6) is 6.04. The van der Waals surface area contributed by atoms with Crippen LogP contribution in [0.25, 0.3) is 10.2 Å². The number of nitrogen functional groups attached to an aromatic ring is 1. The summed E-state index contributed by atoms with van der Waals surface area (Å²) in [7, 11) is 0. The van der Waals surface area contributed by atoms with Crippen LogP contribution >= 0.6 is 11.3 Å². The van der Waals surface area contributed by atoms with Crippen LogP contribution in [0.3, 0.4) is 0 Å². The summed E-state index contributed by atoms with van der Waals surface area (Å²) < 4.78 is 13.3. The van der Waals surface area contributed by atoms with Crippen molar-refractivity contribution in [3.05, 3.63) is 41.0 Å². The van der Waals surface area contributed by atoms with Crippen molar-refractivity contribution in [2.45, 2.75) is 13.3 Å². The Labute approximate surface area is 125 Å². The topological polar surface area (TPSA) is 75.9 Å². The first-order valence-electron chi connectivity index (χ1n) is 6.49. The third-order valence-electron chi connectivity index (χ3n) is 3.01. The second kappa shape index (κ2) is 5.63. The highest BCUT2D eigenvalue weighted by Gasteiger charge is 2.11. The summed E-state index contributed by atoms with van der Waals surface area (Å²) in [6, 6.07) is 8.27. The molecule has 3 aromatic rings.